The Kier molecular flexibility index (Phi) is 6.41. The van der Waals surface area contributed by atoms with Gasteiger partial charge in [-0.2, -0.15) is 5.10 Å². The molecule has 1 fully saturated rings. The molecule has 1 aliphatic heterocycles. The average molecular weight is 384 g/mol. The number of carbonyl (C=O) groups is 2. The average Bonchev–Trinajstić information content (AvgIpc) is 3.03. The minimum absolute atomic E-state index is 0.0424. The molecule has 2 heterocycles. The second-order valence-electron chi connectivity index (χ2n) is 7.11. The lowest BCUT2D eigenvalue weighted by atomic mass is 10.1. The summed E-state index contributed by atoms with van der Waals surface area (Å²) in [7, 11) is 1.64. The van der Waals surface area contributed by atoms with Gasteiger partial charge < -0.3 is 10.2 Å². The number of hydrogen-bond donors (Lipinski definition) is 1. The van der Waals surface area contributed by atoms with Crippen LogP contribution in [0.1, 0.15) is 23.6 Å². The van der Waals surface area contributed by atoms with Gasteiger partial charge in [0.25, 0.3) is 0 Å². The van der Waals surface area contributed by atoms with Crippen LogP contribution >= 0.6 is 0 Å². The van der Waals surface area contributed by atoms with E-state index in [4.69, 9.17) is 0 Å². The molecular weight excluding hydrogens is 356 g/mol. The van der Waals surface area contributed by atoms with E-state index in [0.29, 0.717) is 45.0 Å². The summed E-state index contributed by atoms with van der Waals surface area (Å²) in [5.74, 6) is 1.50. The van der Waals surface area contributed by atoms with E-state index >= 15 is 0 Å². The fourth-order valence-corrected chi connectivity index (χ4v) is 3.60. The lowest BCUT2D eigenvalue weighted by molar-refractivity contribution is -0.138. The maximum Gasteiger partial charge on any atom is 0.238 e. The molecule has 3 rings (SSSR count). The lowest BCUT2D eigenvalue weighted by Crippen LogP contribution is -2.59. The van der Waals surface area contributed by atoms with Crippen molar-refractivity contribution in [1.82, 2.24) is 29.9 Å². The van der Waals surface area contributed by atoms with E-state index in [1.165, 1.54) is 0 Å². The molecule has 0 bridgehead atoms. The van der Waals surface area contributed by atoms with Gasteiger partial charge in [0, 0.05) is 39.6 Å². The Labute approximate surface area is 165 Å². The minimum Gasteiger partial charge on any atom is -0.358 e. The number of likely N-dealkylation sites (N-methyl/N-ethyl adjacent to an activating group) is 1. The zero-order valence-electron chi connectivity index (χ0n) is 16.8. The molecule has 0 radical (unpaired) electrons. The number of nitrogens with one attached hydrogen (secondary N) is 1. The van der Waals surface area contributed by atoms with Gasteiger partial charge in [-0.05, 0) is 19.4 Å². The molecule has 2 amide bonds. The highest BCUT2D eigenvalue weighted by molar-refractivity contribution is 5.83. The first-order chi connectivity index (χ1) is 13.5. The first kappa shape index (κ1) is 20.0. The summed E-state index contributed by atoms with van der Waals surface area (Å²) in [6.45, 7) is 6.61. The van der Waals surface area contributed by atoms with Crippen molar-refractivity contribution in [2.24, 2.45) is 0 Å². The summed E-state index contributed by atoms with van der Waals surface area (Å²) in [4.78, 5) is 33.4. The van der Waals surface area contributed by atoms with E-state index in [2.05, 4.69) is 32.4 Å². The number of benzene rings is 1. The molecule has 1 atom stereocenters. The number of aromatic nitrogens is 3. The Morgan fingerprint density at radius 2 is 1.93 bits per heavy atom. The molecule has 0 spiro atoms. The molecular formula is C20H28N6O2. The van der Waals surface area contributed by atoms with Crippen molar-refractivity contribution in [3.63, 3.8) is 0 Å². The van der Waals surface area contributed by atoms with E-state index in [1.807, 2.05) is 32.0 Å². The number of carbonyl (C=O) groups excluding carboxylic acids is 2. The smallest absolute Gasteiger partial charge is 0.238 e. The van der Waals surface area contributed by atoms with Crippen molar-refractivity contribution in [2.45, 2.75) is 39.4 Å². The van der Waals surface area contributed by atoms with Crippen molar-refractivity contribution < 1.29 is 9.59 Å². The maximum absolute atomic E-state index is 12.7. The van der Waals surface area contributed by atoms with Crippen molar-refractivity contribution in [3.05, 3.63) is 47.5 Å². The van der Waals surface area contributed by atoms with Crippen LogP contribution in [0.2, 0.25) is 0 Å². The lowest BCUT2D eigenvalue weighted by Gasteiger charge is -2.40. The molecule has 0 aliphatic carbocycles. The molecule has 1 aromatic heterocycles. The SMILES string of the molecule is CNC(=O)[C@H]1CN(C(=O)CCn2nc(C)nc2C)CCN1Cc1ccccc1. The highest BCUT2D eigenvalue weighted by Crippen LogP contribution is 2.16. The third-order valence-electron chi connectivity index (χ3n) is 5.12. The fraction of sp³-hybridized carbons (Fsp3) is 0.500. The molecule has 28 heavy (non-hydrogen) atoms. The van der Waals surface area contributed by atoms with Gasteiger partial charge in [0.2, 0.25) is 11.8 Å². The van der Waals surface area contributed by atoms with Crippen molar-refractivity contribution in [1.29, 1.82) is 0 Å². The van der Waals surface area contributed by atoms with Gasteiger partial charge in [-0.25, -0.2) is 9.67 Å². The topological polar surface area (TPSA) is 83.4 Å². The van der Waals surface area contributed by atoms with Gasteiger partial charge in [0.1, 0.15) is 17.7 Å². The van der Waals surface area contributed by atoms with Crippen LogP contribution in [0.3, 0.4) is 0 Å². The number of amides is 2. The van der Waals surface area contributed by atoms with Crippen LogP contribution in [0.5, 0.6) is 0 Å². The first-order valence-corrected chi connectivity index (χ1v) is 9.63. The third-order valence-corrected chi connectivity index (χ3v) is 5.12. The van der Waals surface area contributed by atoms with E-state index < -0.39 is 0 Å². The Morgan fingerprint density at radius 3 is 2.57 bits per heavy atom. The third kappa shape index (κ3) is 4.75. The molecule has 150 valence electrons. The summed E-state index contributed by atoms with van der Waals surface area (Å²) in [5, 5.41) is 7.04. The van der Waals surface area contributed by atoms with Gasteiger partial charge >= 0.3 is 0 Å². The summed E-state index contributed by atoms with van der Waals surface area (Å²) in [6.07, 6.45) is 0.350. The van der Waals surface area contributed by atoms with Crippen LogP contribution in [0.15, 0.2) is 30.3 Å². The van der Waals surface area contributed by atoms with Gasteiger partial charge in [0.15, 0.2) is 0 Å². The molecule has 1 N–H and O–H groups in total. The Balaban J connectivity index is 1.62. The number of hydrogen-bond acceptors (Lipinski definition) is 5. The van der Waals surface area contributed by atoms with Crippen LogP contribution in [0.25, 0.3) is 0 Å². The number of piperazine rings is 1. The number of aryl methyl sites for hydroxylation is 3. The zero-order valence-corrected chi connectivity index (χ0v) is 16.8. The van der Waals surface area contributed by atoms with Gasteiger partial charge in [-0.15, -0.1) is 0 Å². The number of nitrogens with zero attached hydrogens (tertiary/aromatic N) is 5. The van der Waals surface area contributed by atoms with Crippen LogP contribution in [0, 0.1) is 13.8 Å². The maximum atomic E-state index is 12.7. The van der Waals surface area contributed by atoms with Crippen LogP contribution < -0.4 is 5.32 Å². The summed E-state index contributed by atoms with van der Waals surface area (Å²) >= 11 is 0. The van der Waals surface area contributed by atoms with Crippen LogP contribution in [0.4, 0.5) is 0 Å². The Bertz CT molecular complexity index is 819. The molecule has 0 saturated carbocycles. The van der Waals surface area contributed by atoms with E-state index in [-0.39, 0.29) is 17.9 Å². The molecule has 0 unspecified atom stereocenters. The Hall–Kier alpha value is -2.74. The second-order valence-corrected chi connectivity index (χ2v) is 7.11. The predicted molar refractivity (Wildman–Crippen MR) is 105 cm³/mol. The van der Waals surface area contributed by atoms with E-state index in [9.17, 15) is 9.59 Å². The summed E-state index contributed by atoms with van der Waals surface area (Å²) in [6, 6.07) is 9.74. The van der Waals surface area contributed by atoms with E-state index in [0.717, 1.165) is 11.4 Å². The standard InChI is InChI=1S/C20H28N6O2/c1-15-22-16(2)26(23-15)10-9-19(27)25-12-11-24(18(14-25)20(28)21-3)13-17-7-5-4-6-8-17/h4-8,18H,9-14H2,1-3H3,(H,21,28)/t18-/m1/s1. The fourth-order valence-electron chi connectivity index (χ4n) is 3.60. The minimum atomic E-state index is -0.349. The van der Waals surface area contributed by atoms with Gasteiger partial charge in [-0.3, -0.25) is 14.5 Å². The predicted octanol–water partition coefficient (Wildman–Crippen LogP) is 0.744. The first-order valence-electron chi connectivity index (χ1n) is 9.63. The van der Waals surface area contributed by atoms with Crippen molar-refractivity contribution in [2.75, 3.05) is 26.7 Å². The molecule has 8 heteroatoms. The Morgan fingerprint density at radius 1 is 1.18 bits per heavy atom. The molecule has 1 saturated heterocycles. The quantitative estimate of drug-likeness (QED) is 0.794. The normalized spacial score (nSPS) is 17.5. The van der Waals surface area contributed by atoms with Crippen molar-refractivity contribution in [3.8, 4) is 0 Å². The monoisotopic (exact) mass is 384 g/mol. The highest BCUT2D eigenvalue weighted by Gasteiger charge is 2.33. The molecule has 1 aromatic carbocycles. The zero-order chi connectivity index (χ0) is 20.1. The van der Waals surface area contributed by atoms with Crippen molar-refractivity contribution >= 4 is 11.8 Å². The highest BCUT2D eigenvalue weighted by atomic mass is 16.2. The second kappa shape index (κ2) is 8.97. The number of rotatable bonds is 6. The summed E-state index contributed by atoms with van der Waals surface area (Å²) in [5.41, 5.74) is 1.16. The molecule has 2 aromatic rings. The molecule has 8 nitrogen and oxygen atoms in total. The molecule has 1 aliphatic rings. The van der Waals surface area contributed by atoms with Crippen LogP contribution in [-0.4, -0.2) is 69.1 Å². The summed E-state index contributed by atoms with van der Waals surface area (Å²) < 4.78 is 1.76. The van der Waals surface area contributed by atoms with E-state index in [1.54, 1.807) is 16.6 Å². The van der Waals surface area contributed by atoms with Crippen LogP contribution in [-0.2, 0) is 22.7 Å². The largest absolute Gasteiger partial charge is 0.358 e. The van der Waals surface area contributed by atoms with Gasteiger partial charge in [0.05, 0.1) is 6.54 Å². The van der Waals surface area contributed by atoms with Gasteiger partial charge in [-0.1, -0.05) is 30.3 Å².